The lowest BCUT2D eigenvalue weighted by Crippen LogP contribution is -2.48. The molecule has 2 fully saturated rings. The first kappa shape index (κ1) is 19.0. The molecule has 1 aromatic carbocycles. The number of amides is 2. The van der Waals surface area contributed by atoms with Crippen molar-refractivity contribution in [3.05, 3.63) is 29.6 Å². The number of carbonyl (C=O) groups excluding carboxylic acids is 1. The molecule has 3 atom stereocenters. The quantitative estimate of drug-likeness (QED) is 0.827. The van der Waals surface area contributed by atoms with Gasteiger partial charge in [-0.2, -0.15) is 0 Å². The van der Waals surface area contributed by atoms with Gasteiger partial charge in [-0.1, -0.05) is 12.1 Å². The van der Waals surface area contributed by atoms with Crippen molar-refractivity contribution in [1.29, 1.82) is 0 Å². The van der Waals surface area contributed by atoms with Crippen molar-refractivity contribution in [1.82, 2.24) is 10.2 Å². The third-order valence-corrected chi connectivity index (χ3v) is 6.67. The molecule has 4 rings (SSSR count). The Morgan fingerprint density at radius 3 is 2.48 bits per heavy atom. The summed E-state index contributed by atoms with van der Waals surface area (Å²) >= 11 is 1.53. The Balaban J connectivity index is 1.45. The standard InChI is InChI=1S/C20H27FN2O3S/c21-17-7-1-6-16-18(8-11-27-19(16)17)22-20(24)23(12-14-4-2-9-25-14)13-15-5-3-10-26-15/h1,6-7,14-15,18H,2-5,8-13H2,(H,22,24)/t14-,15+,18-/m1/s1. The van der Waals surface area contributed by atoms with E-state index in [9.17, 15) is 9.18 Å². The van der Waals surface area contributed by atoms with Gasteiger partial charge in [0.15, 0.2) is 0 Å². The van der Waals surface area contributed by atoms with Gasteiger partial charge in [0, 0.05) is 37.0 Å². The molecule has 2 amide bonds. The summed E-state index contributed by atoms with van der Waals surface area (Å²) in [7, 11) is 0. The molecule has 1 aromatic rings. The van der Waals surface area contributed by atoms with E-state index < -0.39 is 0 Å². The number of halogens is 1. The van der Waals surface area contributed by atoms with Crippen molar-refractivity contribution >= 4 is 17.8 Å². The second-order valence-electron chi connectivity index (χ2n) is 7.47. The van der Waals surface area contributed by atoms with Gasteiger partial charge in [-0.3, -0.25) is 0 Å². The molecule has 3 aliphatic rings. The number of thioether (sulfide) groups is 1. The highest BCUT2D eigenvalue weighted by Crippen LogP contribution is 2.37. The molecule has 0 bridgehead atoms. The third-order valence-electron chi connectivity index (χ3n) is 5.51. The van der Waals surface area contributed by atoms with Crippen LogP contribution in [0.3, 0.4) is 0 Å². The number of nitrogens with one attached hydrogen (secondary N) is 1. The normalized spacial score (nSPS) is 27.4. The average Bonchev–Trinajstić information content (AvgIpc) is 3.36. The summed E-state index contributed by atoms with van der Waals surface area (Å²) in [5.74, 6) is 0.600. The number of hydrogen-bond acceptors (Lipinski definition) is 4. The fourth-order valence-corrected chi connectivity index (χ4v) is 5.23. The molecule has 0 spiro atoms. The number of fused-ring (bicyclic) bond motifs is 1. The molecular weight excluding hydrogens is 367 g/mol. The summed E-state index contributed by atoms with van der Waals surface area (Å²) in [5.41, 5.74) is 0.883. The van der Waals surface area contributed by atoms with Crippen molar-refractivity contribution in [2.45, 2.75) is 55.2 Å². The summed E-state index contributed by atoms with van der Waals surface area (Å²) in [6.45, 7) is 2.71. The first-order chi connectivity index (χ1) is 13.2. The number of benzene rings is 1. The Kier molecular flexibility index (Phi) is 6.20. The smallest absolute Gasteiger partial charge is 0.318 e. The lowest BCUT2D eigenvalue weighted by Gasteiger charge is -2.32. The second-order valence-corrected chi connectivity index (χ2v) is 8.58. The summed E-state index contributed by atoms with van der Waals surface area (Å²) in [6, 6.07) is 4.86. The van der Waals surface area contributed by atoms with Crippen LogP contribution in [0, 0.1) is 5.82 Å². The van der Waals surface area contributed by atoms with Crippen LogP contribution in [0.2, 0.25) is 0 Å². The number of ether oxygens (including phenoxy) is 2. The molecule has 5 nitrogen and oxygen atoms in total. The van der Waals surface area contributed by atoms with E-state index in [0.717, 1.165) is 56.6 Å². The molecule has 0 aliphatic carbocycles. The minimum absolute atomic E-state index is 0.101. The molecule has 0 saturated carbocycles. The van der Waals surface area contributed by atoms with E-state index in [1.54, 1.807) is 6.07 Å². The number of hydrogen-bond donors (Lipinski definition) is 1. The van der Waals surface area contributed by atoms with E-state index in [1.165, 1.54) is 17.8 Å². The van der Waals surface area contributed by atoms with Crippen LogP contribution in [0.4, 0.5) is 9.18 Å². The Labute approximate surface area is 164 Å². The van der Waals surface area contributed by atoms with E-state index in [4.69, 9.17) is 9.47 Å². The van der Waals surface area contributed by atoms with E-state index in [2.05, 4.69) is 5.32 Å². The zero-order valence-electron chi connectivity index (χ0n) is 15.5. The van der Waals surface area contributed by atoms with E-state index in [0.29, 0.717) is 18.0 Å². The minimum atomic E-state index is -0.202. The Morgan fingerprint density at radius 1 is 1.15 bits per heavy atom. The molecule has 27 heavy (non-hydrogen) atoms. The van der Waals surface area contributed by atoms with Crippen LogP contribution in [0.1, 0.15) is 43.7 Å². The Bertz CT molecular complexity index is 645. The van der Waals surface area contributed by atoms with Gasteiger partial charge >= 0.3 is 6.03 Å². The number of urea groups is 1. The lowest BCUT2D eigenvalue weighted by atomic mass is 10.0. The maximum atomic E-state index is 14.1. The number of carbonyl (C=O) groups is 1. The van der Waals surface area contributed by atoms with E-state index in [-0.39, 0.29) is 30.1 Å². The zero-order valence-corrected chi connectivity index (χ0v) is 16.3. The van der Waals surface area contributed by atoms with Crippen LogP contribution in [-0.2, 0) is 9.47 Å². The van der Waals surface area contributed by atoms with Crippen LogP contribution in [0.15, 0.2) is 23.1 Å². The maximum Gasteiger partial charge on any atom is 0.318 e. The summed E-state index contributed by atoms with van der Waals surface area (Å²) in [6.07, 6.45) is 5.08. The number of rotatable bonds is 5. The summed E-state index contributed by atoms with van der Waals surface area (Å²) in [5, 5.41) is 3.15. The van der Waals surface area contributed by atoms with E-state index in [1.807, 2.05) is 11.0 Å². The molecule has 0 aromatic heterocycles. The minimum Gasteiger partial charge on any atom is -0.376 e. The highest BCUT2D eigenvalue weighted by Gasteiger charge is 2.30. The molecule has 2 saturated heterocycles. The van der Waals surface area contributed by atoms with Gasteiger partial charge in [-0.05, 0) is 43.7 Å². The SMILES string of the molecule is O=C(N[C@@H]1CCSc2c(F)cccc21)N(C[C@H]1CCCO1)C[C@@H]1CCCO1. The topological polar surface area (TPSA) is 50.8 Å². The van der Waals surface area contributed by atoms with Crippen LogP contribution >= 0.6 is 11.8 Å². The lowest BCUT2D eigenvalue weighted by molar-refractivity contribution is 0.0492. The molecule has 3 aliphatic heterocycles. The Hall–Kier alpha value is -1.31. The Morgan fingerprint density at radius 2 is 1.85 bits per heavy atom. The molecule has 7 heteroatoms. The maximum absolute atomic E-state index is 14.1. The predicted molar refractivity (Wildman–Crippen MR) is 103 cm³/mol. The first-order valence-electron chi connectivity index (χ1n) is 9.90. The van der Waals surface area contributed by atoms with Crippen LogP contribution in [-0.4, -0.2) is 55.2 Å². The highest BCUT2D eigenvalue weighted by atomic mass is 32.2. The van der Waals surface area contributed by atoms with Crippen LogP contribution in [0.5, 0.6) is 0 Å². The third kappa shape index (κ3) is 4.58. The first-order valence-corrected chi connectivity index (χ1v) is 10.9. The predicted octanol–water partition coefficient (Wildman–Crippen LogP) is 3.73. The van der Waals surface area contributed by atoms with Crippen molar-refractivity contribution < 1.29 is 18.7 Å². The second kappa shape index (κ2) is 8.80. The van der Waals surface area contributed by atoms with Gasteiger partial charge in [0.05, 0.1) is 18.2 Å². The van der Waals surface area contributed by atoms with Crippen molar-refractivity contribution in [3.8, 4) is 0 Å². The van der Waals surface area contributed by atoms with Crippen LogP contribution < -0.4 is 5.32 Å². The van der Waals surface area contributed by atoms with Crippen molar-refractivity contribution in [3.63, 3.8) is 0 Å². The fourth-order valence-electron chi connectivity index (χ4n) is 4.09. The van der Waals surface area contributed by atoms with Crippen molar-refractivity contribution in [2.24, 2.45) is 0 Å². The van der Waals surface area contributed by atoms with Crippen LogP contribution in [0.25, 0.3) is 0 Å². The molecule has 0 unspecified atom stereocenters. The monoisotopic (exact) mass is 394 g/mol. The largest absolute Gasteiger partial charge is 0.376 e. The molecule has 1 N–H and O–H groups in total. The fraction of sp³-hybridized carbons (Fsp3) is 0.650. The summed E-state index contributed by atoms with van der Waals surface area (Å²) < 4.78 is 25.6. The van der Waals surface area contributed by atoms with Gasteiger partial charge in [0.25, 0.3) is 0 Å². The van der Waals surface area contributed by atoms with Gasteiger partial charge in [0.1, 0.15) is 5.82 Å². The average molecular weight is 395 g/mol. The van der Waals surface area contributed by atoms with Gasteiger partial charge < -0.3 is 19.7 Å². The molecule has 0 radical (unpaired) electrons. The van der Waals surface area contributed by atoms with Gasteiger partial charge in [-0.25, -0.2) is 9.18 Å². The van der Waals surface area contributed by atoms with Gasteiger partial charge in [0.2, 0.25) is 0 Å². The highest BCUT2D eigenvalue weighted by molar-refractivity contribution is 7.99. The van der Waals surface area contributed by atoms with Gasteiger partial charge in [-0.15, -0.1) is 11.8 Å². The molecule has 148 valence electrons. The summed E-state index contributed by atoms with van der Waals surface area (Å²) in [4.78, 5) is 15.6. The molecular formula is C20H27FN2O3S. The number of nitrogens with zero attached hydrogens (tertiary/aromatic N) is 1. The van der Waals surface area contributed by atoms with Crippen molar-refractivity contribution in [2.75, 3.05) is 32.1 Å². The molecule has 3 heterocycles. The van der Waals surface area contributed by atoms with E-state index >= 15 is 0 Å². The zero-order chi connectivity index (χ0) is 18.6.